The number of pyridine rings is 1. The Morgan fingerprint density at radius 3 is 2.85 bits per heavy atom. The Balaban J connectivity index is 1.46. The number of carbonyl (C=O) groups is 1. The standard InChI is InChI=1S/C20H27N5O2/c1-14(2)16-4-3-15(11-21-16)24-18(26)12-25-13-22-19-17(25)5-8-23-20(19)6-9-27-10-7-20/h3-4,11,13-14,23H,5-10,12H2,1-2H3,(H,24,26). The van der Waals surface area contributed by atoms with Crippen molar-refractivity contribution in [1.82, 2.24) is 19.9 Å². The van der Waals surface area contributed by atoms with E-state index in [1.807, 2.05) is 16.7 Å². The number of nitrogens with one attached hydrogen (secondary N) is 2. The van der Waals surface area contributed by atoms with Gasteiger partial charge in [0.25, 0.3) is 0 Å². The SMILES string of the molecule is CC(C)c1ccc(NC(=O)Cn2cnc3c2CCNC32CCOCC2)cn1. The molecular formula is C20H27N5O2. The van der Waals surface area contributed by atoms with Crippen LogP contribution >= 0.6 is 0 Å². The lowest BCUT2D eigenvalue weighted by atomic mass is 9.82. The second-order valence-electron chi connectivity index (χ2n) is 7.71. The van der Waals surface area contributed by atoms with Crippen LogP contribution in [0.4, 0.5) is 5.69 Å². The molecule has 0 saturated carbocycles. The molecule has 144 valence electrons. The average Bonchev–Trinajstić information content (AvgIpc) is 3.07. The number of nitrogens with zero attached hydrogens (tertiary/aromatic N) is 3. The Hall–Kier alpha value is -2.25. The van der Waals surface area contributed by atoms with Crippen LogP contribution in [0, 0.1) is 0 Å². The number of carbonyl (C=O) groups excluding carboxylic acids is 1. The summed E-state index contributed by atoms with van der Waals surface area (Å²) in [5, 5.41) is 6.59. The van der Waals surface area contributed by atoms with E-state index in [1.165, 1.54) is 5.69 Å². The van der Waals surface area contributed by atoms with Gasteiger partial charge in [0.15, 0.2) is 0 Å². The maximum atomic E-state index is 12.5. The van der Waals surface area contributed by atoms with E-state index in [4.69, 9.17) is 4.74 Å². The highest BCUT2D eigenvalue weighted by Crippen LogP contribution is 2.35. The first-order valence-corrected chi connectivity index (χ1v) is 9.70. The van der Waals surface area contributed by atoms with Gasteiger partial charge in [-0.2, -0.15) is 0 Å². The molecule has 1 saturated heterocycles. The van der Waals surface area contributed by atoms with E-state index >= 15 is 0 Å². The molecule has 4 heterocycles. The predicted octanol–water partition coefficient (Wildman–Crippen LogP) is 2.19. The number of anilines is 1. The second kappa shape index (κ2) is 7.40. The Labute approximate surface area is 159 Å². The molecule has 7 heteroatoms. The molecule has 0 aliphatic carbocycles. The quantitative estimate of drug-likeness (QED) is 0.863. The van der Waals surface area contributed by atoms with Crippen molar-refractivity contribution in [3.8, 4) is 0 Å². The van der Waals surface area contributed by atoms with Crippen LogP contribution in [0.2, 0.25) is 0 Å². The minimum absolute atomic E-state index is 0.0612. The van der Waals surface area contributed by atoms with Gasteiger partial charge >= 0.3 is 0 Å². The van der Waals surface area contributed by atoms with Crippen molar-refractivity contribution in [3.63, 3.8) is 0 Å². The van der Waals surface area contributed by atoms with Gasteiger partial charge in [0.2, 0.25) is 5.91 Å². The normalized spacial score (nSPS) is 18.5. The fourth-order valence-electron chi connectivity index (χ4n) is 4.02. The highest BCUT2D eigenvalue weighted by molar-refractivity contribution is 5.90. The van der Waals surface area contributed by atoms with Crippen molar-refractivity contribution in [2.24, 2.45) is 0 Å². The second-order valence-corrected chi connectivity index (χ2v) is 7.71. The molecule has 0 aromatic carbocycles. The van der Waals surface area contributed by atoms with Gasteiger partial charge in [-0.05, 0) is 30.9 Å². The summed E-state index contributed by atoms with van der Waals surface area (Å²) < 4.78 is 7.51. The lowest BCUT2D eigenvalue weighted by Gasteiger charge is -2.40. The van der Waals surface area contributed by atoms with Gasteiger partial charge in [0, 0.05) is 37.6 Å². The summed E-state index contributed by atoms with van der Waals surface area (Å²) in [6.45, 7) is 6.87. The molecule has 2 N–H and O–H groups in total. The molecule has 0 atom stereocenters. The van der Waals surface area contributed by atoms with Crippen molar-refractivity contribution in [2.75, 3.05) is 25.1 Å². The van der Waals surface area contributed by atoms with E-state index in [0.29, 0.717) is 5.92 Å². The molecular weight excluding hydrogens is 342 g/mol. The third-order valence-corrected chi connectivity index (χ3v) is 5.55. The number of ether oxygens (including phenoxy) is 1. The van der Waals surface area contributed by atoms with E-state index in [1.54, 1.807) is 12.5 Å². The molecule has 2 aromatic rings. The molecule has 1 amide bonds. The fourth-order valence-corrected chi connectivity index (χ4v) is 4.02. The van der Waals surface area contributed by atoms with E-state index in [0.717, 1.165) is 56.1 Å². The lowest BCUT2D eigenvalue weighted by molar-refractivity contribution is -0.116. The summed E-state index contributed by atoms with van der Waals surface area (Å²) in [5.74, 6) is 0.312. The third kappa shape index (κ3) is 3.61. The van der Waals surface area contributed by atoms with Gasteiger partial charge in [-0.15, -0.1) is 0 Å². The Bertz CT molecular complexity index is 806. The number of rotatable bonds is 4. The zero-order chi connectivity index (χ0) is 18.9. The molecule has 4 rings (SSSR count). The summed E-state index contributed by atoms with van der Waals surface area (Å²) in [7, 11) is 0. The number of imidazole rings is 1. The van der Waals surface area contributed by atoms with Crippen LogP contribution in [-0.2, 0) is 28.0 Å². The molecule has 1 fully saturated rings. The lowest BCUT2D eigenvalue weighted by Crippen LogP contribution is -2.51. The van der Waals surface area contributed by atoms with Crippen LogP contribution in [0.5, 0.6) is 0 Å². The predicted molar refractivity (Wildman–Crippen MR) is 103 cm³/mol. The third-order valence-electron chi connectivity index (χ3n) is 5.55. The summed E-state index contributed by atoms with van der Waals surface area (Å²) in [6.07, 6.45) is 6.26. The van der Waals surface area contributed by atoms with Crippen molar-refractivity contribution in [3.05, 3.63) is 41.7 Å². The summed E-state index contributed by atoms with van der Waals surface area (Å²) in [4.78, 5) is 21.6. The van der Waals surface area contributed by atoms with E-state index in [-0.39, 0.29) is 18.0 Å². The molecule has 7 nitrogen and oxygen atoms in total. The average molecular weight is 369 g/mol. The van der Waals surface area contributed by atoms with Crippen LogP contribution in [-0.4, -0.2) is 40.2 Å². The van der Waals surface area contributed by atoms with Gasteiger partial charge in [0.05, 0.1) is 29.4 Å². The molecule has 0 bridgehead atoms. The largest absolute Gasteiger partial charge is 0.381 e. The van der Waals surface area contributed by atoms with Crippen molar-refractivity contribution in [1.29, 1.82) is 0 Å². The van der Waals surface area contributed by atoms with Crippen LogP contribution in [0.15, 0.2) is 24.7 Å². The number of fused-ring (bicyclic) bond motifs is 2. The molecule has 27 heavy (non-hydrogen) atoms. The monoisotopic (exact) mass is 369 g/mol. The molecule has 2 aromatic heterocycles. The topological polar surface area (TPSA) is 81.1 Å². The molecule has 2 aliphatic heterocycles. The maximum Gasteiger partial charge on any atom is 0.244 e. The van der Waals surface area contributed by atoms with Crippen molar-refractivity contribution in [2.45, 2.75) is 51.1 Å². The van der Waals surface area contributed by atoms with E-state index < -0.39 is 0 Å². The van der Waals surface area contributed by atoms with Crippen LogP contribution in [0.3, 0.4) is 0 Å². The fraction of sp³-hybridized carbons (Fsp3) is 0.550. The zero-order valence-electron chi connectivity index (χ0n) is 16.0. The highest BCUT2D eigenvalue weighted by Gasteiger charge is 2.40. The van der Waals surface area contributed by atoms with Gasteiger partial charge in [-0.3, -0.25) is 9.78 Å². The number of hydrogen-bond acceptors (Lipinski definition) is 5. The first-order valence-electron chi connectivity index (χ1n) is 9.70. The van der Waals surface area contributed by atoms with Gasteiger partial charge < -0.3 is 19.9 Å². The first-order chi connectivity index (χ1) is 13.1. The Morgan fingerprint density at radius 1 is 1.33 bits per heavy atom. The van der Waals surface area contributed by atoms with Crippen molar-refractivity contribution < 1.29 is 9.53 Å². The Morgan fingerprint density at radius 2 is 2.15 bits per heavy atom. The number of aromatic nitrogens is 3. The molecule has 1 spiro atoms. The van der Waals surface area contributed by atoms with E-state index in [2.05, 4.69) is 34.4 Å². The van der Waals surface area contributed by atoms with Crippen LogP contribution in [0.25, 0.3) is 0 Å². The molecule has 0 radical (unpaired) electrons. The molecule has 0 unspecified atom stereocenters. The summed E-state index contributed by atoms with van der Waals surface area (Å²) in [5.41, 5.74) is 3.91. The summed E-state index contributed by atoms with van der Waals surface area (Å²) >= 11 is 0. The van der Waals surface area contributed by atoms with Gasteiger partial charge in [-0.25, -0.2) is 4.98 Å². The van der Waals surface area contributed by atoms with E-state index in [9.17, 15) is 4.79 Å². The smallest absolute Gasteiger partial charge is 0.244 e. The first kappa shape index (κ1) is 18.1. The van der Waals surface area contributed by atoms with Crippen LogP contribution in [0.1, 0.15) is 49.7 Å². The molecule has 2 aliphatic rings. The minimum Gasteiger partial charge on any atom is -0.381 e. The Kier molecular flexibility index (Phi) is 4.97. The van der Waals surface area contributed by atoms with Crippen molar-refractivity contribution >= 4 is 11.6 Å². The van der Waals surface area contributed by atoms with Crippen LogP contribution < -0.4 is 10.6 Å². The van der Waals surface area contributed by atoms with Gasteiger partial charge in [0.1, 0.15) is 6.54 Å². The number of hydrogen-bond donors (Lipinski definition) is 2. The summed E-state index contributed by atoms with van der Waals surface area (Å²) in [6, 6.07) is 3.87. The minimum atomic E-state index is -0.0931. The highest BCUT2D eigenvalue weighted by atomic mass is 16.5. The number of amides is 1. The zero-order valence-corrected chi connectivity index (χ0v) is 16.0. The van der Waals surface area contributed by atoms with Gasteiger partial charge in [-0.1, -0.05) is 13.8 Å². The maximum absolute atomic E-state index is 12.5.